The van der Waals surface area contributed by atoms with Gasteiger partial charge < -0.3 is 0 Å². The smallest absolute Gasteiger partial charge is 0.134 e. The predicted octanol–water partition coefficient (Wildman–Crippen LogP) is 12.6. The van der Waals surface area contributed by atoms with Crippen molar-refractivity contribution in [2.75, 3.05) is 0 Å². The zero-order chi connectivity index (χ0) is 29.3. The Balaban J connectivity index is 1.79. The largest absolute Gasteiger partial charge is 0.244 e. The topological polar surface area (TPSA) is 0 Å². The van der Waals surface area contributed by atoms with Crippen LogP contribution < -0.4 is 0 Å². The summed E-state index contributed by atoms with van der Waals surface area (Å²) in [5, 5.41) is 0. The molecule has 5 unspecified atom stereocenters. The Morgan fingerprint density at radius 2 is 1.65 bits per heavy atom. The highest BCUT2D eigenvalue weighted by atomic mass is 19.2. The first-order valence-electron chi connectivity index (χ1n) is 16.9. The minimum Gasteiger partial charge on any atom is -0.244 e. The molecule has 2 aliphatic carbocycles. The van der Waals surface area contributed by atoms with E-state index in [-0.39, 0.29) is 23.6 Å². The number of rotatable bonds is 19. The van der Waals surface area contributed by atoms with Crippen LogP contribution >= 0.6 is 0 Å². The molecule has 0 aromatic carbocycles. The number of hydrogen-bond acceptors (Lipinski definition) is 0. The third-order valence-electron chi connectivity index (χ3n) is 9.99. The third kappa shape index (κ3) is 12.3. The summed E-state index contributed by atoms with van der Waals surface area (Å²) in [5.74, 6) is 1.48. The van der Waals surface area contributed by atoms with Gasteiger partial charge in [0, 0.05) is 5.92 Å². The normalized spacial score (nSPS) is 27.0. The average molecular weight is 563 g/mol. The van der Waals surface area contributed by atoms with Gasteiger partial charge in [-0.3, -0.25) is 0 Å². The molecule has 0 saturated heterocycles. The molecule has 0 spiro atoms. The molecule has 2 aliphatic rings. The summed E-state index contributed by atoms with van der Waals surface area (Å²) in [6.07, 6.45) is 22.4. The summed E-state index contributed by atoms with van der Waals surface area (Å²) in [5.41, 5.74) is 0.938. The van der Waals surface area contributed by atoms with E-state index in [0.717, 1.165) is 95.5 Å². The zero-order valence-electron chi connectivity index (χ0n) is 26.2. The lowest BCUT2D eigenvalue weighted by molar-refractivity contribution is 0.0811. The van der Waals surface area contributed by atoms with E-state index in [9.17, 15) is 4.39 Å². The molecule has 230 valence electrons. The molecule has 3 heteroatoms. The SMILES string of the molecule is C=CCC(CCC1CCC(C(=C)/C=C(/F)[C@H](CC)CCCCC)CC1)C(F)C(F)CC1CC=CC(CCC)CC1. The molecule has 0 aromatic rings. The number of alkyl halides is 2. The van der Waals surface area contributed by atoms with E-state index in [2.05, 4.69) is 46.1 Å². The van der Waals surface area contributed by atoms with E-state index in [1.807, 2.05) is 0 Å². The van der Waals surface area contributed by atoms with Gasteiger partial charge in [0.25, 0.3) is 0 Å². The molecular weight excluding hydrogens is 501 g/mol. The van der Waals surface area contributed by atoms with E-state index in [0.29, 0.717) is 30.6 Å². The Hall–Kier alpha value is -1.25. The molecule has 0 radical (unpaired) electrons. The second-order valence-electron chi connectivity index (χ2n) is 13.1. The maximum absolute atomic E-state index is 15.4. The molecule has 1 fully saturated rings. The third-order valence-corrected chi connectivity index (χ3v) is 9.99. The van der Waals surface area contributed by atoms with Crippen molar-refractivity contribution < 1.29 is 13.2 Å². The fourth-order valence-electron chi connectivity index (χ4n) is 7.18. The van der Waals surface area contributed by atoms with Gasteiger partial charge >= 0.3 is 0 Å². The Bertz CT molecular complexity index is 759. The van der Waals surface area contributed by atoms with Crippen molar-refractivity contribution in [3.05, 3.63) is 48.9 Å². The lowest BCUT2D eigenvalue weighted by atomic mass is 9.75. The maximum atomic E-state index is 15.4. The number of unbranched alkanes of at least 4 members (excludes halogenated alkanes) is 2. The van der Waals surface area contributed by atoms with Crippen LogP contribution in [-0.2, 0) is 0 Å². The maximum Gasteiger partial charge on any atom is 0.134 e. The van der Waals surface area contributed by atoms with Gasteiger partial charge in [-0.25, -0.2) is 13.2 Å². The monoisotopic (exact) mass is 562 g/mol. The Labute approximate surface area is 246 Å². The van der Waals surface area contributed by atoms with Crippen LogP contribution in [0.3, 0.4) is 0 Å². The lowest BCUT2D eigenvalue weighted by Crippen LogP contribution is -2.29. The van der Waals surface area contributed by atoms with Crippen molar-refractivity contribution in [3.8, 4) is 0 Å². The van der Waals surface area contributed by atoms with Crippen LogP contribution in [0.5, 0.6) is 0 Å². The first-order chi connectivity index (χ1) is 19.3. The van der Waals surface area contributed by atoms with Gasteiger partial charge in [0.15, 0.2) is 0 Å². The second-order valence-corrected chi connectivity index (χ2v) is 13.1. The highest BCUT2D eigenvalue weighted by molar-refractivity contribution is 5.22. The minimum absolute atomic E-state index is 0.00778. The van der Waals surface area contributed by atoms with Crippen LogP contribution in [0.15, 0.2) is 48.9 Å². The Kier molecular flexibility index (Phi) is 17.3. The molecule has 6 atom stereocenters. The van der Waals surface area contributed by atoms with E-state index in [1.54, 1.807) is 12.2 Å². The van der Waals surface area contributed by atoms with Crippen molar-refractivity contribution >= 4 is 0 Å². The van der Waals surface area contributed by atoms with Crippen molar-refractivity contribution in [2.45, 2.75) is 149 Å². The molecule has 0 N–H and O–H groups in total. The van der Waals surface area contributed by atoms with Crippen molar-refractivity contribution in [1.29, 1.82) is 0 Å². The number of halogens is 3. The van der Waals surface area contributed by atoms with Gasteiger partial charge in [-0.1, -0.05) is 77.7 Å². The highest BCUT2D eigenvalue weighted by Gasteiger charge is 2.32. The van der Waals surface area contributed by atoms with E-state index in [4.69, 9.17) is 0 Å². The van der Waals surface area contributed by atoms with Gasteiger partial charge in [0.1, 0.15) is 18.2 Å². The van der Waals surface area contributed by atoms with Gasteiger partial charge in [-0.05, 0) is 125 Å². The van der Waals surface area contributed by atoms with E-state index in [1.165, 1.54) is 12.8 Å². The molecule has 0 aromatic heterocycles. The molecule has 40 heavy (non-hydrogen) atoms. The lowest BCUT2D eigenvalue weighted by Gasteiger charge is -2.31. The molecule has 0 bridgehead atoms. The summed E-state index contributed by atoms with van der Waals surface area (Å²) < 4.78 is 45.6. The van der Waals surface area contributed by atoms with Gasteiger partial charge in [-0.2, -0.15) is 0 Å². The van der Waals surface area contributed by atoms with Gasteiger partial charge in [-0.15, -0.1) is 6.58 Å². The number of hydrogen-bond donors (Lipinski definition) is 0. The van der Waals surface area contributed by atoms with Crippen LogP contribution in [0.2, 0.25) is 0 Å². The van der Waals surface area contributed by atoms with Gasteiger partial charge in [0.05, 0.1) is 0 Å². The first-order valence-corrected chi connectivity index (χ1v) is 16.9. The highest BCUT2D eigenvalue weighted by Crippen LogP contribution is 2.39. The van der Waals surface area contributed by atoms with E-state index < -0.39 is 12.3 Å². The van der Waals surface area contributed by atoms with Crippen molar-refractivity contribution in [1.82, 2.24) is 0 Å². The molecule has 0 amide bonds. The summed E-state index contributed by atoms with van der Waals surface area (Å²) in [6, 6.07) is 0. The molecule has 1 saturated carbocycles. The molecule has 0 nitrogen and oxygen atoms in total. The second kappa shape index (κ2) is 19.8. The first kappa shape index (κ1) is 34.9. The van der Waals surface area contributed by atoms with Gasteiger partial charge in [0.2, 0.25) is 0 Å². The van der Waals surface area contributed by atoms with E-state index >= 15 is 8.78 Å². The fourth-order valence-corrected chi connectivity index (χ4v) is 7.18. The quantitative estimate of drug-likeness (QED) is 0.0834. The standard InChI is InChI=1S/C37H61F3/c1-6-10-11-17-32(9-4)35(38)26-28(5)33-23-20-30(21-24-33)22-25-34(14-8-3)37(40)36(39)27-31-16-12-15-29(13-7-2)18-19-31/h8,12,15,26,29-34,36-37H,3,5-7,9-11,13-14,16-25,27H2,1-2,4H3/b35-26+/t29?,30?,31?,32-,33?,34?,36?,37?/m1/s1. The van der Waals surface area contributed by atoms with Crippen molar-refractivity contribution in [3.63, 3.8) is 0 Å². The molecule has 0 heterocycles. The fraction of sp³-hybridized carbons (Fsp3) is 0.784. The molecule has 0 aliphatic heterocycles. The summed E-state index contributed by atoms with van der Waals surface area (Å²) >= 11 is 0. The Morgan fingerprint density at radius 1 is 0.925 bits per heavy atom. The average Bonchev–Trinajstić information content (AvgIpc) is 3.18. The van der Waals surface area contributed by atoms with Crippen LogP contribution in [0.1, 0.15) is 136 Å². The summed E-state index contributed by atoms with van der Waals surface area (Å²) in [6.45, 7) is 14.5. The molecule has 2 rings (SSSR count). The Morgan fingerprint density at radius 3 is 2.30 bits per heavy atom. The predicted molar refractivity (Wildman–Crippen MR) is 169 cm³/mol. The summed E-state index contributed by atoms with van der Waals surface area (Å²) in [4.78, 5) is 0. The summed E-state index contributed by atoms with van der Waals surface area (Å²) in [7, 11) is 0. The van der Waals surface area contributed by atoms with Crippen LogP contribution in [-0.4, -0.2) is 12.3 Å². The van der Waals surface area contributed by atoms with Crippen LogP contribution in [0, 0.1) is 35.5 Å². The van der Waals surface area contributed by atoms with Crippen LogP contribution in [0.25, 0.3) is 0 Å². The minimum atomic E-state index is -1.41. The van der Waals surface area contributed by atoms with Crippen molar-refractivity contribution in [2.24, 2.45) is 35.5 Å². The van der Waals surface area contributed by atoms with Crippen LogP contribution in [0.4, 0.5) is 13.2 Å². The molecular formula is C37H61F3. The number of allylic oxidation sites excluding steroid dienone is 6. The zero-order valence-corrected chi connectivity index (χ0v) is 26.2.